The summed E-state index contributed by atoms with van der Waals surface area (Å²) in [6.45, 7) is 2.12. The van der Waals surface area contributed by atoms with Crippen molar-refractivity contribution in [3.63, 3.8) is 0 Å². The van der Waals surface area contributed by atoms with Crippen LogP contribution in [0.1, 0.15) is 64.7 Å². The molecule has 0 unspecified atom stereocenters. The van der Waals surface area contributed by atoms with Gasteiger partial charge in [0.15, 0.2) is 0 Å². The Bertz CT molecular complexity index is 432. The van der Waals surface area contributed by atoms with Gasteiger partial charge in [-0.25, -0.2) is 0 Å². The Labute approximate surface area is 151 Å². The molecule has 0 aliphatic heterocycles. The number of aliphatic carboxylic acids is 1. The van der Waals surface area contributed by atoms with Gasteiger partial charge in [0.1, 0.15) is 0 Å². The van der Waals surface area contributed by atoms with E-state index in [2.05, 4.69) is 6.92 Å². The Kier molecular flexibility index (Phi) is 10.7. The molecule has 0 radical (unpaired) electrons. The number of hydrogen-bond acceptors (Lipinski definition) is 4. The summed E-state index contributed by atoms with van der Waals surface area (Å²) in [5.74, 6) is -1.00. The molecular formula is C20H34O5. The molecule has 5 atom stereocenters. The van der Waals surface area contributed by atoms with E-state index in [-0.39, 0.29) is 18.3 Å². The van der Waals surface area contributed by atoms with E-state index < -0.39 is 24.3 Å². The van der Waals surface area contributed by atoms with Gasteiger partial charge in [-0.05, 0) is 31.6 Å². The number of hydrogen-bond donors (Lipinski definition) is 4. The molecule has 0 saturated heterocycles. The standard InChI is InChI=1S/C20H34O5/c1-2-3-6-9-15(21)12-13-17-16(18(22)14-19(17)23)10-7-4-5-8-11-20(24)25/h4,7,12-13,15-19,21-23H,2-3,5-6,8-11,14H2,1H3,(H,24,25)/b7-4-,13-12+/t15-,16-,17+,18+,19-/m0/s1. The number of carbonyl (C=O) groups is 1. The minimum absolute atomic E-state index is 0.0650. The maximum absolute atomic E-state index is 10.5. The van der Waals surface area contributed by atoms with Crippen LogP contribution in [0, 0.1) is 11.8 Å². The first-order chi connectivity index (χ1) is 12.0. The molecule has 0 aromatic heterocycles. The van der Waals surface area contributed by atoms with E-state index in [1.54, 1.807) is 6.08 Å². The molecule has 5 heteroatoms. The second kappa shape index (κ2) is 12.2. The molecule has 0 spiro atoms. The maximum Gasteiger partial charge on any atom is 0.303 e. The van der Waals surface area contributed by atoms with Gasteiger partial charge in [-0.2, -0.15) is 0 Å². The molecule has 1 saturated carbocycles. The van der Waals surface area contributed by atoms with Crippen LogP contribution in [0.2, 0.25) is 0 Å². The van der Waals surface area contributed by atoms with Crippen molar-refractivity contribution < 1.29 is 25.2 Å². The Balaban J connectivity index is 2.46. The first-order valence-electron chi connectivity index (χ1n) is 9.55. The molecule has 0 heterocycles. The number of carboxylic acid groups (broad SMARTS) is 1. The molecule has 0 aromatic rings. The maximum atomic E-state index is 10.5. The molecule has 1 fully saturated rings. The first-order valence-corrected chi connectivity index (χ1v) is 9.55. The second-order valence-electron chi connectivity index (χ2n) is 7.05. The summed E-state index contributed by atoms with van der Waals surface area (Å²) in [5.41, 5.74) is 0. The predicted octanol–water partition coefficient (Wildman–Crippen LogP) is 3.04. The molecule has 1 aliphatic carbocycles. The van der Waals surface area contributed by atoms with Crippen LogP contribution in [-0.4, -0.2) is 44.7 Å². The SMILES string of the molecule is CCCCC[C@H](O)/C=C/[C@@H]1[C@H](C/C=C\CCCC(=O)O)[C@H](O)C[C@@H]1O. The zero-order valence-electron chi connectivity index (χ0n) is 15.3. The summed E-state index contributed by atoms with van der Waals surface area (Å²) in [5, 5.41) is 39.0. The van der Waals surface area contributed by atoms with Crippen molar-refractivity contribution in [2.75, 3.05) is 0 Å². The molecular weight excluding hydrogens is 320 g/mol. The minimum Gasteiger partial charge on any atom is -0.481 e. The summed E-state index contributed by atoms with van der Waals surface area (Å²) in [6.07, 6.45) is 12.3. The third kappa shape index (κ3) is 8.66. The van der Waals surface area contributed by atoms with Gasteiger partial charge in [-0.3, -0.25) is 4.79 Å². The topological polar surface area (TPSA) is 98.0 Å². The summed E-state index contributed by atoms with van der Waals surface area (Å²) in [4.78, 5) is 10.5. The number of allylic oxidation sites excluding steroid dienone is 2. The fourth-order valence-electron chi connectivity index (χ4n) is 3.41. The molecule has 25 heavy (non-hydrogen) atoms. The Morgan fingerprint density at radius 3 is 2.60 bits per heavy atom. The molecule has 144 valence electrons. The van der Waals surface area contributed by atoms with Crippen LogP contribution in [0.25, 0.3) is 0 Å². The van der Waals surface area contributed by atoms with E-state index in [1.165, 1.54) is 0 Å². The van der Waals surface area contributed by atoms with Crippen LogP contribution in [0.4, 0.5) is 0 Å². The molecule has 0 bridgehead atoms. The number of carboxylic acids is 1. The van der Waals surface area contributed by atoms with Gasteiger partial charge in [0, 0.05) is 18.8 Å². The molecule has 4 N–H and O–H groups in total. The molecule has 1 rings (SSSR count). The van der Waals surface area contributed by atoms with Crippen molar-refractivity contribution in [1.29, 1.82) is 0 Å². The predicted molar refractivity (Wildman–Crippen MR) is 98.1 cm³/mol. The normalized spacial score (nSPS) is 28.2. The highest BCUT2D eigenvalue weighted by Crippen LogP contribution is 2.36. The van der Waals surface area contributed by atoms with Crippen molar-refractivity contribution >= 4 is 5.97 Å². The average Bonchev–Trinajstić information content (AvgIpc) is 2.82. The van der Waals surface area contributed by atoms with Crippen molar-refractivity contribution in [2.45, 2.75) is 83.0 Å². The Hall–Kier alpha value is -1.17. The van der Waals surface area contributed by atoms with Crippen LogP contribution in [0.15, 0.2) is 24.3 Å². The number of rotatable bonds is 12. The fraction of sp³-hybridized carbons (Fsp3) is 0.750. The highest BCUT2D eigenvalue weighted by molar-refractivity contribution is 5.66. The molecule has 0 amide bonds. The van der Waals surface area contributed by atoms with Crippen LogP contribution in [0.3, 0.4) is 0 Å². The summed E-state index contributed by atoms with van der Waals surface area (Å²) in [6, 6.07) is 0. The lowest BCUT2D eigenvalue weighted by Gasteiger charge is -2.19. The summed E-state index contributed by atoms with van der Waals surface area (Å²) >= 11 is 0. The Morgan fingerprint density at radius 1 is 1.16 bits per heavy atom. The van der Waals surface area contributed by atoms with E-state index in [0.717, 1.165) is 25.7 Å². The van der Waals surface area contributed by atoms with Crippen molar-refractivity contribution in [2.24, 2.45) is 11.8 Å². The monoisotopic (exact) mass is 354 g/mol. The zero-order valence-corrected chi connectivity index (χ0v) is 15.3. The van der Waals surface area contributed by atoms with Crippen LogP contribution < -0.4 is 0 Å². The third-order valence-corrected chi connectivity index (χ3v) is 4.91. The van der Waals surface area contributed by atoms with Gasteiger partial charge < -0.3 is 20.4 Å². The van der Waals surface area contributed by atoms with Gasteiger partial charge in [-0.1, -0.05) is 50.5 Å². The lowest BCUT2D eigenvalue weighted by molar-refractivity contribution is -0.137. The van der Waals surface area contributed by atoms with E-state index in [0.29, 0.717) is 25.7 Å². The Morgan fingerprint density at radius 2 is 1.92 bits per heavy atom. The number of aliphatic hydroxyl groups is 3. The van der Waals surface area contributed by atoms with Crippen LogP contribution >= 0.6 is 0 Å². The fourth-order valence-corrected chi connectivity index (χ4v) is 3.41. The number of aliphatic hydroxyl groups excluding tert-OH is 3. The van der Waals surface area contributed by atoms with Crippen molar-refractivity contribution in [3.05, 3.63) is 24.3 Å². The summed E-state index contributed by atoms with van der Waals surface area (Å²) < 4.78 is 0. The van der Waals surface area contributed by atoms with Gasteiger partial charge in [0.05, 0.1) is 18.3 Å². The van der Waals surface area contributed by atoms with Gasteiger partial charge in [0.25, 0.3) is 0 Å². The molecule has 0 aromatic carbocycles. The van der Waals surface area contributed by atoms with E-state index >= 15 is 0 Å². The highest BCUT2D eigenvalue weighted by atomic mass is 16.4. The highest BCUT2D eigenvalue weighted by Gasteiger charge is 2.39. The van der Waals surface area contributed by atoms with E-state index in [4.69, 9.17) is 5.11 Å². The number of unbranched alkanes of at least 4 members (excludes halogenated alkanes) is 3. The summed E-state index contributed by atoms with van der Waals surface area (Å²) in [7, 11) is 0. The minimum atomic E-state index is -0.787. The van der Waals surface area contributed by atoms with E-state index in [1.807, 2.05) is 18.2 Å². The van der Waals surface area contributed by atoms with Crippen LogP contribution in [0.5, 0.6) is 0 Å². The molecule has 5 nitrogen and oxygen atoms in total. The lowest BCUT2D eigenvalue weighted by atomic mass is 9.89. The van der Waals surface area contributed by atoms with E-state index in [9.17, 15) is 20.1 Å². The zero-order chi connectivity index (χ0) is 18.7. The van der Waals surface area contributed by atoms with Gasteiger partial charge in [-0.15, -0.1) is 0 Å². The first kappa shape index (κ1) is 21.9. The quantitative estimate of drug-likeness (QED) is 0.319. The third-order valence-electron chi connectivity index (χ3n) is 4.91. The van der Waals surface area contributed by atoms with Crippen molar-refractivity contribution in [1.82, 2.24) is 0 Å². The van der Waals surface area contributed by atoms with Gasteiger partial charge in [0.2, 0.25) is 0 Å². The molecule has 1 aliphatic rings. The van der Waals surface area contributed by atoms with Crippen molar-refractivity contribution in [3.8, 4) is 0 Å². The lowest BCUT2D eigenvalue weighted by Crippen LogP contribution is -2.20. The van der Waals surface area contributed by atoms with Gasteiger partial charge >= 0.3 is 5.97 Å². The average molecular weight is 354 g/mol. The smallest absolute Gasteiger partial charge is 0.303 e. The van der Waals surface area contributed by atoms with Crippen LogP contribution in [-0.2, 0) is 4.79 Å². The largest absolute Gasteiger partial charge is 0.481 e. The second-order valence-corrected chi connectivity index (χ2v) is 7.05.